The second-order valence-electron chi connectivity index (χ2n) is 7.25. The van der Waals surface area contributed by atoms with E-state index in [9.17, 15) is 13.2 Å². The van der Waals surface area contributed by atoms with Gasteiger partial charge in [-0.3, -0.25) is 9.89 Å². The molecule has 1 saturated heterocycles. The summed E-state index contributed by atoms with van der Waals surface area (Å²) in [5.74, 6) is 0.896. The zero-order valence-electron chi connectivity index (χ0n) is 16.4. The van der Waals surface area contributed by atoms with Crippen LogP contribution in [0.2, 0.25) is 0 Å². The van der Waals surface area contributed by atoms with Gasteiger partial charge in [0.2, 0.25) is 10.0 Å². The van der Waals surface area contributed by atoms with Crippen LogP contribution in [-0.4, -0.2) is 67.0 Å². The highest BCUT2D eigenvalue weighted by Crippen LogP contribution is 2.21. The Hall–Kier alpha value is -2.39. The van der Waals surface area contributed by atoms with Crippen LogP contribution >= 0.6 is 0 Å². The highest BCUT2D eigenvalue weighted by atomic mass is 32.2. The van der Waals surface area contributed by atoms with Crippen molar-refractivity contribution in [1.29, 1.82) is 0 Å². The Labute approximate surface area is 165 Å². The van der Waals surface area contributed by atoms with Gasteiger partial charge in [-0.05, 0) is 42.7 Å². The SMILES string of the molecule is COc1ccc(S(=O)(=O)N2CCN(C(=O)c3cc(CC(C)C)[nH]n3)CC2)cc1. The normalized spacial score (nSPS) is 15.8. The number of sulfonamides is 1. The van der Waals surface area contributed by atoms with Gasteiger partial charge in [-0.2, -0.15) is 9.40 Å². The van der Waals surface area contributed by atoms with Crippen LogP contribution in [0, 0.1) is 5.92 Å². The predicted molar refractivity (Wildman–Crippen MR) is 105 cm³/mol. The van der Waals surface area contributed by atoms with E-state index in [1.54, 1.807) is 23.1 Å². The number of hydrogen-bond donors (Lipinski definition) is 1. The second-order valence-corrected chi connectivity index (χ2v) is 9.19. The van der Waals surface area contributed by atoms with Gasteiger partial charge in [0.1, 0.15) is 11.4 Å². The lowest BCUT2D eigenvalue weighted by molar-refractivity contribution is 0.0692. The van der Waals surface area contributed by atoms with Crippen molar-refractivity contribution in [3.63, 3.8) is 0 Å². The molecule has 0 unspecified atom stereocenters. The number of nitrogens with zero attached hydrogens (tertiary/aromatic N) is 3. The number of carbonyl (C=O) groups is 1. The summed E-state index contributed by atoms with van der Waals surface area (Å²) in [6.07, 6.45) is 0.828. The van der Waals surface area contributed by atoms with E-state index in [-0.39, 0.29) is 23.9 Å². The highest BCUT2D eigenvalue weighted by Gasteiger charge is 2.31. The van der Waals surface area contributed by atoms with Gasteiger partial charge >= 0.3 is 0 Å². The Morgan fingerprint density at radius 3 is 2.39 bits per heavy atom. The molecule has 8 nitrogen and oxygen atoms in total. The molecule has 0 bridgehead atoms. The minimum atomic E-state index is -3.59. The number of benzene rings is 1. The fourth-order valence-electron chi connectivity index (χ4n) is 3.21. The van der Waals surface area contributed by atoms with Crippen molar-refractivity contribution in [1.82, 2.24) is 19.4 Å². The summed E-state index contributed by atoms with van der Waals surface area (Å²) in [4.78, 5) is 14.5. The topological polar surface area (TPSA) is 95.6 Å². The molecule has 0 saturated carbocycles. The molecule has 3 rings (SSSR count). The molecule has 0 atom stereocenters. The number of methoxy groups -OCH3 is 1. The molecule has 0 spiro atoms. The van der Waals surface area contributed by atoms with Crippen LogP contribution in [0.1, 0.15) is 30.0 Å². The predicted octanol–water partition coefficient (Wildman–Crippen LogP) is 1.76. The van der Waals surface area contributed by atoms with E-state index in [2.05, 4.69) is 24.0 Å². The maximum atomic E-state index is 12.8. The maximum Gasteiger partial charge on any atom is 0.274 e. The molecule has 1 aliphatic rings. The molecule has 1 aromatic carbocycles. The minimum absolute atomic E-state index is 0.173. The Morgan fingerprint density at radius 2 is 1.82 bits per heavy atom. The van der Waals surface area contributed by atoms with E-state index in [0.717, 1.165) is 12.1 Å². The van der Waals surface area contributed by atoms with Crippen LogP contribution in [0.5, 0.6) is 5.75 Å². The van der Waals surface area contributed by atoms with Gasteiger partial charge in [0, 0.05) is 31.9 Å². The first-order valence-electron chi connectivity index (χ1n) is 9.29. The zero-order chi connectivity index (χ0) is 20.3. The first-order valence-corrected chi connectivity index (χ1v) is 10.7. The van der Waals surface area contributed by atoms with Crippen LogP contribution in [0.25, 0.3) is 0 Å². The van der Waals surface area contributed by atoms with Crippen molar-refractivity contribution >= 4 is 15.9 Å². The molecule has 9 heteroatoms. The first-order chi connectivity index (χ1) is 13.3. The average Bonchev–Trinajstić information content (AvgIpc) is 3.15. The summed E-state index contributed by atoms with van der Waals surface area (Å²) in [6, 6.07) is 8.10. The van der Waals surface area contributed by atoms with Crippen molar-refractivity contribution in [2.45, 2.75) is 25.2 Å². The molecule has 1 fully saturated rings. The van der Waals surface area contributed by atoms with Crippen molar-refractivity contribution < 1.29 is 17.9 Å². The number of nitrogens with one attached hydrogen (secondary N) is 1. The third-order valence-electron chi connectivity index (χ3n) is 4.70. The first kappa shape index (κ1) is 20.3. The van der Waals surface area contributed by atoms with Gasteiger partial charge in [-0.1, -0.05) is 13.8 Å². The zero-order valence-corrected chi connectivity index (χ0v) is 17.2. The molecule has 0 radical (unpaired) electrons. The number of piperazine rings is 1. The lowest BCUT2D eigenvalue weighted by atomic mass is 10.1. The van der Waals surface area contributed by atoms with Crippen LogP contribution < -0.4 is 4.74 Å². The monoisotopic (exact) mass is 406 g/mol. The molecule has 1 aliphatic heterocycles. The number of amides is 1. The molecule has 2 heterocycles. The molecule has 1 N–H and O–H groups in total. The second kappa shape index (κ2) is 8.32. The summed E-state index contributed by atoms with van der Waals surface area (Å²) in [5, 5.41) is 7.02. The minimum Gasteiger partial charge on any atom is -0.497 e. The standard InChI is InChI=1S/C19H26N4O4S/c1-14(2)12-15-13-18(21-20-15)19(24)22-8-10-23(11-9-22)28(25,26)17-6-4-16(27-3)5-7-17/h4-7,13-14H,8-12H2,1-3H3,(H,20,21). The number of aromatic amines is 1. The number of H-pyrrole nitrogens is 1. The largest absolute Gasteiger partial charge is 0.497 e. The number of aromatic nitrogens is 2. The van der Waals surface area contributed by atoms with Gasteiger partial charge < -0.3 is 9.64 Å². The van der Waals surface area contributed by atoms with E-state index >= 15 is 0 Å². The molecule has 2 aromatic rings. The van der Waals surface area contributed by atoms with Gasteiger partial charge in [0.15, 0.2) is 0 Å². The summed E-state index contributed by atoms with van der Waals surface area (Å²) in [7, 11) is -2.06. The Bertz CT molecular complexity index is 914. The van der Waals surface area contributed by atoms with Crippen LogP contribution in [0.4, 0.5) is 0 Å². The molecular formula is C19H26N4O4S. The third kappa shape index (κ3) is 4.36. The number of rotatable bonds is 6. The van der Waals surface area contributed by atoms with Crippen LogP contribution in [-0.2, 0) is 16.4 Å². The molecule has 1 aromatic heterocycles. The van der Waals surface area contributed by atoms with E-state index in [0.29, 0.717) is 30.5 Å². The van der Waals surface area contributed by atoms with E-state index < -0.39 is 10.0 Å². The summed E-state index contributed by atoms with van der Waals surface area (Å²) < 4.78 is 32.1. The molecule has 28 heavy (non-hydrogen) atoms. The number of ether oxygens (including phenoxy) is 1. The fourth-order valence-corrected chi connectivity index (χ4v) is 4.63. The number of hydrogen-bond acceptors (Lipinski definition) is 5. The van der Waals surface area contributed by atoms with Crippen molar-refractivity contribution in [3.05, 3.63) is 41.7 Å². The summed E-state index contributed by atoms with van der Waals surface area (Å²) >= 11 is 0. The molecule has 0 aliphatic carbocycles. The maximum absolute atomic E-state index is 12.8. The highest BCUT2D eigenvalue weighted by molar-refractivity contribution is 7.89. The number of carbonyl (C=O) groups excluding carboxylic acids is 1. The van der Waals surface area contributed by atoms with Gasteiger partial charge in [0.05, 0.1) is 12.0 Å². The fraction of sp³-hybridized carbons (Fsp3) is 0.474. The van der Waals surface area contributed by atoms with E-state index in [1.807, 2.05) is 0 Å². The van der Waals surface area contributed by atoms with E-state index in [4.69, 9.17) is 4.74 Å². The Kier molecular flexibility index (Phi) is 6.04. The van der Waals surface area contributed by atoms with Crippen LogP contribution in [0.15, 0.2) is 35.2 Å². The lowest BCUT2D eigenvalue weighted by Gasteiger charge is -2.33. The smallest absolute Gasteiger partial charge is 0.274 e. The lowest BCUT2D eigenvalue weighted by Crippen LogP contribution is -2.50. The van der Waals surface area contributed by atoms with Gasteiger partial charge in [-0.15, -0.1) is 0 Å². The molecule has 1 amide bonds. The average molecular weight is 407 g/mol. The Balaban J connectivity index is 1.63. The van der Waals surface area contributed by atoms with Crippen molar-refractivity contribution in [3.8, 4) is 5.75 Å². The van der Waals surface area contributed by atoms with Gasteiger partial charge in [-0.25, -0.2) is 8.42 Å². The van der Waals surface area contributed by atoms with Gasteiger partial charge in [0.25, 0.3) is 5.91 Å². The molecular weight excluding hydrogens is 380 g/mol. The Morgan fingerprint density at radius 1 is 1.18 bits per heavy atom. The summed E-state index contributed by atoms with van der Waals surface area (Å²) in [6.45, 7) is 5.38. The van der Waals surface area contributed by atoms with Crippen molar-refractivity contribution in [2.24, 2.45) is 5.92 Å². The molecule has 152 valence electrons. The quantitative estimate of drug-likeness (QED) is 0.789. The van der Waals surface area contributed by atoms with Crippen LogP contribution in [0.3, 0.4) is 0 Å². The summed E-state index contributed by atoms with van der Waals surface area (Å²) in [5.41, 5.74) is 1.31. The van der Waals surface area contributed by atoms with E-state index in [1.165, 1.54) is 23.5 Å². The third-order valence-corrected chi connectivity index (χ3v) is 6.61. The van der Waals surface area contributed by atoms with Crippen molar-refractivity contribution in [2.75, 3.05) is 33.3 Å².